The highest BCUT2D eigenvalue weighted by atomic mass is 35.5. The summed E-state index contributed by atoms with van der Waals surface area (Å²) in [7, 11) is -3.72. The fraction of sp³-hybridized carbons (Fsp3) is 0.682. The van der Waals surface area contributed by atoms with Crippen LogP contribution >= 0.6 is 11.6 Å². The normalized spacial score (nSPS) is 22.2. The minimum absolute atomic E-state index is 0.0281. The molecule has 0 saturated carbocycles. The molecule has 168 valence electrons. The van der Waals surface area contributed by atoms with Gasteiger partial charge < -0.3 is 10.2 Å². The first-order chi connectivity index (χ1) is 14.3. The van der Waals surface area contributed by atoms with E-state index >= 15 is 0 Å². The Morgan fingerprint density at radius 2 is 1.93 bits per heavy atom. The number of nitrogens with one attached hydrogen (secondary N) is 1. The number of carbonyl (C=O) groups is 1. The molecule has 1 atom stereocenters. The molecule has 1 N–H and O–H groups in total. The van der Waals surface area contributed by atoms with Crippen molar-refractivity contribution in [2.75, 3.05) is 32.7 Å². The van der Waals surface area contributed by atoms with Crippen molar-refractivity contribution in [3.05, 3.63) is 28.8 Å². The SMILES string of the molecule is CCCCN1CCC(NC(=O)c2ccc(Cl)c(S(=O)(=O)N3CCCC(C)C3)c2)CC1. The van der Waals surface area contributed by atoms with E-state index in [1.54, 1.807) is 6.07 Å². The summed E-state index contributed by atoms with van der Waals surface area (Å²) in [5.74, 6) is 0.0871. The van der Waals surface area contributed by atoms with Gasteiger partial charge in [0.1, 0.15) is 4.90 Å². The number of sulfonamides is 1. The van der Waals surface area contributed by atoms with Gasteiger partial charge in [-0.3, -0.25) is 4.79 Å². The fourth-order valence-electron chi connectivity index (χ4n) is 4.30. The van der Waals surface area contributed by atoms with Crippen LogP contribution in [0.15, 0.2) is 23.1 Å². The number of rotatable bonds is 7. The van der Waals surface area contributed by atoms with Gasteiger partial charge in [-0.25, -0.2) is 8.42 Å². The molecule has 1 amide bonds. The number of hydrogen-bond acceptors (Lipinski definition) is 4. The van der Waals surface area contributed by atoms with E-state index in [0.29, 0.717) is 24.6 Å². The molecule has 0 aliphatic carbocycles. The van der Waals surface area contributed by atoms with Crippen LogP contribution in [-0.2, 0) is 10.0 Å². The monoisotopic (exact) mass is 455 g/mol. The van der Waals surface area contributed by atoms with Crippen LogP contribution in [0.3, 0.4) is 0 Å². The van der Waals surface area contributed by atoms with E-state index in [-0.39, 0.29) is 21.9 Å². The molecule has 8 heteroatoms. The largest absolute Gasteiger partial charge is 0.349 e. The average Bonchev–Trinajstić information content (AvgIpc) is 2.73. The predicted octanol–water partition coefficient (Wildman–Crippen LogP) is 3.75. The van der Waals surface area contributed by atoms with Crippen molar-refractivity contribution in [3.8, 4) is 0 Å². The lowest BCUT2D eigenvalue weighted by Gasteiger charge is -2.32. The van der Waals surface area contributed by atoms with Gasteiger partial charge in [0.2, 0.25) is 10.0 Å². The number of piperidine rings is 2. The van der Waals surface area contributed by atoms with Gasteiger partial charge in [0.25, 0.3) is 5.91 Å². The Morgan fingerprint density at radius 3 is 2.60 bits per heavy atom. The minimum Gasteiger partial charge on any atom is -0.349 e. The molecular weight excluding hydrogens is 422 g/mol. The van der Waals surface area contributed by atoms with Gasteiger partial charge in [0, 0.05) is 37.8 Å². The van der Waals surface area contributed by atoms with Crippen LogP contribution in [0.4, 0.5) is 0 Å². The predicted molar refractivity (Wildman–Crippen MR) is 120 cm³/mol. The van der Waals surface area contributed by atoms with Crippen LogP contribution in [0.1, 0.15) is 62.7 Å². The van der Waals surface area contributed by atoms with Crippen molar-refractivity contribution in [2.45, 2.75) is 63.3 Å². The van der Waals surface area contributed by atoms with E-state index in [9.17, 15) is 13.2 Å². The number of nitrogens with zero attached hydrogens (tertiary/aromatic N) is 2. The van der Waals surface area contributed by atoms with E-state index in [1.807, 2.05) is 0 Å². The summed E-state index contributed by atoms with van der Waals surface area (Å²) < 4.78 is 27.8. The van der Waals surface area contributed by atoms with Gasteiger partial charge in [0.15, 0.2) is 0 Å². The smallest absolute Gasteiger partial charge is 0.251 e. The van der Waals surface area contributed by atoms with E-state index < -0.39 is 10.0 Å². The summed E-state index contributed by atoms with van der Waals surface area (Å²) in [5, 5.41) is 3.24. The number of amides is 1. The molecule has 0 spiro atoms. The lowest BCUT2D eigenvalue weighted by Crippen LogP contribution is -2.44. The second kappa shape index (κ2) is 10.4. The maximum absolute atomic E-state index is 13.1. The highest BCUT2D eigenvalue weighted by Crippen LogP contribution is 2.29. The molecular formula is C22H34ClN3O3S. The average molecular weight is 456 g/mol. The molecule has 0 bridgehead atoms. The van der Waals surface area contributed by atoms with Gasteiger partial charge in [-0.15, -0.1) is 0 Å². The summed E-state index contributed by atoms with van der Waals surface area (Å²) in [6.45, 7) is 8.32. The molecule has 2 aliphatic heterocycles. The van der Waals surface area contributed by atoms with E-state index in [4.69, 9.17) is 11.6 Å². The third kappa shape index (κ3) is 5.75. The maximum atomic E-state index is 13.1. The van der Waals surface area contributed by atoms with Crippen LogP contribution in [0, 0.1) is 5.92 Å². The Hall–Kier alpha value is -1.15. The fourth-order valence-corrected chi connectivity index (χ4v) is 6.40. The molecule has 0 radical (unpaired) electrons. The molecule has 2 fully saturated rings. The van der Waals surface area contributed by atoms with Gasteiger partial charge in [-0.2, -0.15) is 4.31 Å². The van der Waals surface area contributed by atoms with Crippen LogP contribution in [0.5, 0.6) is 0 Å². The Kier molecular flexibility index (Phi) is 8.18. The number of carbonyl (C=O) groups excluding carboxylic acids is 1. The Balaban J connectivity index is 1.67. The zero-order valence-corrected chi connectivity index (χ0v) is 19.6. The van der Waals surface area contributed by atoms with Crippen molar-refractivity contribution in [1.29, 1.82) is 0 Å². The number of likely N-dealkylation sites (tertiary alicyclic amines) is 1. The van der Waals surface area contributed by atoms with E-state index in [2.05, 4.69) is 24.1 Å². The standard InChI is InChI=1S/C22H34ClN3O3S/c1-3-4-11-25-13-9-19(10-14-25)24-22(27)18-7-8-20(23)21(15-18)30(28,29)26-12-5-6-17(2)16-26/h7-8,15,17,19H,3-6,9-14,16H2,1-2H3,(H,24,27). The quantitative estimate of drug-likeness (QED) is 0.679. The molecule has 2 aliphatic rings. The Labute approximate surface area is 186 Å². The molecule has 3 rings (SSSR count). The zero-order chi connectivity index (χ0) is 21.7. The summed E-state index contributed by atoms with van der Waals surface area (Å²) in [4.78, 5) is 15.3. The van der Waals surface area contributed by atoms with Crippen molar-refractivity contribution in [2.24, 2.45) is 5.92 Å². The molecule has 2 heterocycles. The van der Waals surface area contributed by atoms with Gasteiger partial charge in [-0.1, -0.05) is 31.9 Å². The second-order valence-corrected chi connectivity index (χ2v) is 11.0. The number of halogens is 1. The summed E-state index contributed by atoms with van der Waals surface area (Å²) in [6, 6.07) is 4.67. The summed E-state index contributed by atoms with van der Waals surface area (Å²) in [5.41, 5.74) is 0.344. The third-order valence-corrected chi connectivity index (χ3v) is 8.53. The molecule has 6 nitrogen and oxygen atoms in total. The van der Waals surface area contributed by atoms with Crippen LogP contribution in [0.25, 0.3) is 0 Å². The molecule has 0 aromatic heterocycles. The first-order valence-electron chi connectivity index (χ1n) is 11.1. The van der Waals surface area contributed by atoms with Crippen LogP contribution < -0.4 is 5.32 Å². The van der Waals surface area contributed by atoms with Gasteiger partial charge in [-0.05, 0) is 62.8 Å². The minimum atomic E-state index is -3.72. The van der Waals surface area contributed by atoms with E-state index in [0.717, 1.165) is 45.3 Å². The first-order valence-corrected chi connectivity index (χ1v) is 13.0. The maximum Gasteiger partial charge on any atom is 0.251 e. The summed E-state index contributed by atoms with van der Waals surface area (Å²) in [6.07, 6.45) is 6.10. The lowest BCUT2D eigenvalue weighted by molar-refractivity contribution is 0.0910. The number of benzene rings is 1. The first kappa shape index (κ1) is 23.5. The van der Waals surface area contributed by atoms with Crippen LogP contribution in [0.2, 0.25) is 5.02 Å². The number of hydrogen-bond donors (Lipinski definition) is 1. The van der Waals surface area contributed by atoms with Crippen molar-refractivity contribution < 1.29 is 13.2 Å². The molecule has 1 aromatic carbocycles. The summed E-state index contributed by atoms with van der Waals surface area (Å²) >= 11 is 6.25. The molecule has 30 heavy (non-hydrogen) atoms. The van der Waals surface area contributed by atoms with Crippen molar-refractivity contribution >= 4 is 27.5 Å². The zero-order valence-electron chi connectivity index (χ0n) is 18.1. The van der Waals surface area contributed by atoms with Gasteiger partial charge in [0.05, 0.1) is 5.02 Å². The van der Waals surface area contributed by atoms with Crippen molar-refractivity contribution in [3.63, 3.8) is 0 Å². The number of unbranched alkanes of at least 4 members (excludes halogenated alkanes) is 1. The lowest BCUT2D eigenvalue weighted by atomic mass is 10.0. The third-order valence-electron chi connectivity index (χ3n) is 6.18. The Bertz CT molecular complexity index is 838. The molecule has 1 unspecified atom stereocenters. The van der Waals surface area contributed by atoms with E-state index in [1.165, 1.54) is 29.3 Å². The molecule has 1 aromatic rings. The second-order valence-electron chi connectivity index (χ2n) is 8.70. The van der Waals surface area contributed by atoms with Crippen LogP contribution in [-0.4, -0.2) is 62.3 Å². The Morgan fingerprint density at radius 1 is 1.20 bits per heavy atom. The topological polar surface area (TPSA) is 69.7 Å². The molecule has 2 saturated heterocycles. The highest BCUT2D eigenvalue weighted by molar-refractivity contribution is 7.89. The van der Waals surface area contributed by atoms with Crippen molar-refractivity contribution in [1.82, 2.24) is 14.5 Å². The van der Waals surface area contributed by atoms with Gasteiger partial charge >= 0.3 is 0 Å². The highest BCUT2D eigenvalue weighted by Gasteiger charge is 2.31.